The quantitative estimate of drug-likeness (QED) is 0.346. The standard InChI is InChI=1S/C10H18P2.C8H8.Ti/c1-9(2,3)7-11-8(12-7)10(4,5)6;1-2-4-6-8-7-5-3-1;/h1-6H3;1-8H;/b;2-1-,3-1?,4-2?,5-3-,6-4-,7-5?,8-6?,8-7-;. The van der Waals surface area contributed by atoms with E-state index in [1.165, 1.54) is 16.4 Å². The Morgan fingerprint density at radius 1 is 0.524 bits per heavy atom. The van der Waals surface area contributed by atoms with Gasteiger partial charge in [0.25, 0.3) is 0 Å². The van der Waals surface area contributed by atoms with Crippen molar-refractivity contribution in [2.24, 2.45) is 10.8 Å². The molecule has 21 heavy (non-hydrogen) atoms. The van der Waals surface area contributed by atoms with Crippen LogP contribution in [-0.2, 0) is 21.7 Å². The molecule has 0 N–H and O–H groups in total. The Bertz CT molecular complexity index is 415. The number of hydrogen-bond donors (Lipinski definition) is 0. The minimum Gasteiger partial charge on any atom is -0.0623 e. The van der Waals surface area contributed by atoms with Crippen LogP contribution < -0.4 is 0 Å². The predicted molar refractivity (Wildman–Crippen MR) is 99.3 cm³/mol. The van der Waals surface area contributed by atoms with Gasteiger partial charge in [-0.05, 0) is 10.8 Å². The van der Waals surface area contributed by atoms with E-state index in [-0.39, 0.29) is 21.7 Å². The van der Waals surface area contributed by atoms with Crippen molar-refractivity contribution < 1.29 is 21.7 Å². The summed E-state index contributed by atoms with van der Waals surface area (Å²) in [6, 6.07) is 0. The zero-order valence-corrected chi connectivity index (χ0v) is 17.4. The fourth-order valence-corrected chi connectivity index (χ4v) is 4.04. The number of allylic oxidation sites excluding steroid dienone is 8. The topological polar surface area (TPSA) is 0 Å². The first-order valence-electron chi connectivity index (χ1n) is 7.06. The Balaban J connectivity index is 0.000000390. The minimum atomic E-state index is 0. The van der Waals surface area contributed by atoms with Crippen molar-refractivity contribution in [3.63, 3.8) is 0 Å². The summed E-state index contributed by atoms with van der Waals surface area (Å²) in [5, 5.41) is 3.35. The summed E-state index contributed by atoms with van der Waals surface area (Å²) in [6.07, 6.45) is 16.0. The zero-order chi connectivity index (χ0) is 15.2. The fourth-order valence-electron chi connectivity index (χ4n) is 1.39. The summed E-state index contributed by atoms with van der Waals surface area (Å²) in [5.41, 5.74) is 0.829. The third-order valence-corrected chi connectivity index (χ3v) is 7.38. The molecular weight excluding hydrogens is 326 g/mol. The molecule has 0 saturated carbocycles. The summed E-state index contributed by atoms with van der Waals surface area (Å²) in [6.45, 7) is 13.8. The van der Waals surface area contributed by atoms with E-state index in [9.17, 15) is 0 Å². The number of rotatable bonds is 0. The maximum Gasteiger partial charge on any atom is 0.0132 e. The van der Waals surface area contributed by atoms with Gasteiger partial charge in [0.1, 0.15) is 0 Å². The monoisotopic (exact) mass is 352 g/mol. The minimum absolute atomic E-state index is 0. The van der Waals surface area contributed by atoms with Gasteiger partial charge in [-0.1, -0.05) is 107 Å². The van der Waals surface area contributed by atoms with Gasteiger partial charge in [0.15, 0.2) is 0 Å². The van der Waals surface area contributed by atoms with Crippen LogP contribution in [-0.4, -0.2) is 10.1 Å². The molecule has 0 amide bonds. The molecule has 2 rings (SSSR count). The van der Waals surface area contributed by atoms with Crippen molar-refractivity contribution in [1.29, 1.82) is 0 Å². The predicted octanol–water partition coefficient (Wildman–Crippen LogP) is 6.47. The fraction of sp³-hybridized carbons (Fsp3) is 0.444. The average Bonchev–Trinajstić information content (AvgIpc) is 2.08. The Kier molecular flexibility index (Phi) is 9.23. The maximum atomic E-state index is 2.31. The normalized spacial score (nSPS) is 24.1. The molecular formula is C18H26P2Ti. The van der Waals surface area contributed by atoms with Gasteiger partial charge in [0.2, 0.25) is 0 Å². The molecule has 0 fully saturated rings. The van der Waals surface area contributed by atoms with Gasteiger partial charge >= 0.3 is 0 Å². The van der Waals surface area contributed by atoms with Crippen LogP contribution in [0.4, 0.5) is 0 Å². The first-order chi connectivity index (χ1) is 9.21. The molecule has 0 unspecified atom stereocenters. The first-order valence-corrected chi connectivity index (χ1v) is 8.85. The van der Waals surface area contributed by atoms with Crippen LogP contribution in [0.5, 0.6) is 0 Å². The van der Waals surface area contributed by atoms with E-state index in [1.54, 1.807) is 10.1 Å². The average molecular weight is 352 g/mol. The molecule has 0 aromatic heterocycles. The van der Waals surface area contributed by atoms with Gasteiger partial charge in [-0.2, -0.15) is 0 Å². The van der Waals surface area contributed by atoms with E-state index >= 15 is 0 Å². The molecule has 0 saturated heterocycles. The summed E-state index contributed by atoms with van der Waals surface area (Å²) in [4.78, 5) is 0. The Hall–Kier alpha value is 0.0143. The van der Waals surface area contributed by atoms with Crippen LogP contribution >= 0.6 is 16.4 Å². The molecule has 0 aromatic rings. The summed E-state index contributed by atoms with van der Waals surface area (Å²) in [5.74, 6) is 0. The maximum absolute atomic E-state index is 2.31. The zero-order valence-electron chi connectivity index (χ0n) is 14.0. The van der Waals surface area contributed by atoms with Crippen LogP contribution in [0.3, 0.4) is 0 Å². The second-order valence-corrected chi connectivity index (χ2v) is 9.85. The van der Waals surface area contributed by atoms with Gasteiger partial charge in [-0.3, -0.25) is 0 Å². The Morgan fingerprint density at radius 3 is 0.857 bits per heavy atom. The molecule has 0 atom stereocenters. The van der Waals surface area contributed by atoms with E-state index in [0.717, 1.165) is 0 Å². The third kappa shape index (κ3) is 8.28. The Morgan fingerprint density at radius 2 is 0.714 bits per heavy atom. The van der Waals surface area contributed by atoms with Gasteiger partial charge in [0, 0.05) is 31.8 Å². The van der Waals surface area contributed by atoms with Crippen LogP contribution in [0.1, 0.15) is 41.5 Å². The van der Waals surface area contributed by atoms with E-state index in [1.807, 2.05) is 48.6 Å². The smallest absolute Gasteiger partial charge is 0.0132 e. The largest absolute Gasteiger partial charge is 0.0623 e. The molecule has 3 heteroatoms. The van der Waals surface area contributed by atoms with E-state index in [2.05, 4.69) is 41.5 Å². The summed E-state index contributed by atoms with van der Waals surface area (Å²) < 4.78 is 0. The molecule has 1 aliphatic heterocycles. The van der Waals surface area contributed by atoms with Crippen LogP contribution in [0.25, 0.3) is 0 Å². The van der Waals surface area contributed by atoms with Crippen LogP contribution in [0.15, 0.2) is 48.6 Å². The van der Waals surface area contributed by atoms with Crippen molar-refractivity contribution in [2.45, 2.75) is 41.5 Å². The molecule has 112 valence electrons. The molecule has 0 aromatic carbocycles. The van der Waals surface area contributed by atoms with Crippen LogP contribution in [0.2, 0.25) is 0 Å². The van der Waals surface area contributed by atoms with Gasteiger partial charge in [0.05, 0.1) is 0 Å². The van der Waals surface area contributed by atoms with Crippen molar-refractivity contribution >= 4 is 26.5 Å². The van der Waals surface area contributed by atoms with Gasteiger partial charge in [-0.25, -0.2) is 0 Å². The summed E-state index contributed by atoms with van der Waals surface area (Å²) >= 11 is 0. The van der Waals surface area contributed by atoms with Gasteiger partial charge in [-0.15, -0.1) is 0 Å². The van der Waals surface area contributed by atoms with Gasteiger partial charge < -0.3 is 0 Å². The summed E-state index contributed by atoms with van der Waals surface area (Å²) in [7, 11) is 3.04. The van der Waals surface area contributed by atoms with E-state index < -0.39 is 0 Å². The van der Waals surface area contributed by atoms with E-state index in [4.69, 9.17) is 0 Å². The molecule has 0 radical (unpaired) electrons. The molecule has 0 nitrogen and oxygen atoms in total. The number of hydrogen-bond acceptors (Lipinski definition) is 0. The SMILES string of the molecule is C1=C\C=C/C=C\C=C/1.CC(C)(C)C1=PC(C(C)(C)C)=P1.[Ti]. The first kappa shape index (κ1) is 21.0. The molecule has 1 aliphatic carbocycles. The van der Waals surface area contributed by atoms with Crippen LogP contribution in [0, 0.1) is 10.8 Å². The van der Waals surface area contributed by atoms with Crippen molar-refractivity contribution in [1.82, 2.24) is 0 Å². The van der Waals surface area contributed by atoms with E-state index in [0.29, 0.717) is 10.8 Å². The van der Waals surface area contributed by atoms with Crippen molar-refractivity contribution in [3.05, 3.63) is 48.6 Å². The van der Waals surface area contributed by atoms with Crippen molar-refractivity contribution in [3.8, 4) is 0 Å². The molecule has 0 bridgehead atoms. The molecule has 0 spiro atoms. The second-order valence-electron chi connectivity index (χ2n) is 6.91. The molecule has 2 aliphatic rings. The Labute approximate surface area is 149 Å². The van der Waals surface area contributed by atoms with Crippen molar-refractivity contribution in [2.75, 3.05) is 0 Å². The third-order valence-electron chi connectivity index (χ3n) is 2.65. The second kappa shape index (κ2) is 9.22. The molecule has 1 heterocycles.